The predicted molar refractivity (Wildman–Crippen MR) is 102 cm³/mol. The summed E-state index contributed by atoms with van der Waals surface area (Å²) in [6, 6.07) is 6.03. The van der Waals surface area contributed by atoms with Gasteiger partial charge in [0.1, 0.15) is 22.5 Å². The van der Waals surface area contributed by atoms with Crippen molar-refractivity contribution in [2.24, 2.45) is 0 Å². The lowest BCUT2D eigenvalue weighted by molar-refractivity contribution is -0.137. The Kier molecular flexibility index (Phi) is 5.68. The summed E-state index contributed by atoms with van der Waals surface area (Å²) in [5, 5.41) is 0.00504. The Hall–Kier alpha value is -3.54. The Bertz CT molecular complexity index is 1310. The van der Waals surface area contributed by atoms with Crippen LogP contribution in [0.3, 0.4) is 0 Å². The molecule has 0 atom stereocenters. The molecule has 3 rings (SSSR count). The van der Waals surface area contributed by atoms with Gasteiger partial charge in [0.15, 0.2) is 11.2 Å². The maximum absolute atomic E-state index is 12.6. The third-order valence-electron chi connectivity index (χ3n) is 4.17. The molecule has 1 heterocycles. The van der Waals surface area contributed by atoms with E-state index in [9.17, 15) is 31.2 Å². The van der Waals surface area contributed by atoms with Gasteiger partial charge in [-0.3, -0.25) is 9.59 Å². The van der Waals surface area contributed by atoms with Crippen molar-refractivity contribution in [2.75, 3.05) is 14.2 Å². The van der Waals surface area contributed by atoms with E-state index in [2.05, 4.69) is 0 Å². The van der Waals surface area contributed by atoms with Crippen LogP contribution in [0.25, 0.3) is 11.0 Å². The zero-order valence-corrected chi connectivity index (χ0v) is 16.8. The zero-order chi connectivity index (χ0) is 23.0. The molecule has 0 saturated heterocycles. The number of halogens is 3. The highest BCUT2D eigenvalue weighted by Crippen LogP contribution is 2.30. The number of rotatable bonds is 5. The van der Waals surface area contributed by atoms with Gasteiger partial charge in [-0.2, -0.15) is 13.2 Å². The molecular formula is C19H14F3NO7S. The van der Waals surface area contributed by atoms with Gasteiger partial charge in [0.25, 0.3) is 10.0 Å². The Balaban J connectivity index is 1.96. The smallest absolute Gasteiger partial charge is 0.416 e. The second-order valence-electron chi connectivity index (χ2n) is 6.13. The quantitative estimate of drug-likeness (QED) is 0.627. The van der Waals surface area contributed by atoms with Crippen LogP contribution >= 0.6 is 0 Å². The summed E-state index contributed by atoms with van der Waals surface area (Å²) < 4.78 is 79.8. The Morgan fingerprint density at radius 1 is 1.03 bits per heavy atom. The normalized spacial score (nSPS) is 11.9. The molecular weight excluding hydrogens is 443 g/mol. The molecule has 12 heteroatoms. The lowest BCUT2D eigenvalue weighted by atomic mass is 10.2. The number of hydrogen-bond acceptors (Lipinski definition) is 7. The fourth-order valence-electron chi connectivity index (χ4n) is 2.67. The van der Waals surface area contributed by atoms with Crippen LogP contribution < -0.4 is 19.6 Å². The summed E-state index contributed by atoms with van der Waals surface area (Å²) in [5.74, 6) is -1.56. The van der Waals surface area contributed by atoms with Gasteiger partial charge < -0.3 is 13.9 Å². The molecule has 0 fully saturated rings. The third kappa shape index (κ3) is 4.48. The van der Waals surface area contributed by atoms with E-state index in [0.29, 0.717) is 24.3 Å². The van der Waals surface area contributed by atoms with Gasteiger partial charge >= 0.3 is 12.1 Å². The summed E-state index contributed by atoms with van der Waals surface area (Å²) >= 11 is 0. The molecule has 164 valence electrons. The molecule has 0 aliphatic heterocycles. The highest BCUT2D eigenvalue weighted by molar-refractivity contribution is 7.90. The number of ether oxygens (including phenoxy) is 2. The number of amides is 1. The first-order valence-corrected chi connectivity index (χ1v) is 9.89. The molecule has 2 aromatic carbocycles. The second kappa shape index (κ2) is 7.95. The van der Waals surface area contributed by atoms with Crippen LogP contribution in [0.1, 0.15) is 16.1 Å². The maximum atomic E-state index is 12.6. The Morgan fingerprint density at radius 2 is 1.68 bits per heavy atom. The van der Waals surface area contributed by atoms with Crippen molar-refractivity contribution in [1.29, 1.82) is 0 Å². The predicted octanol–water partition coefficient (Wildman–Crippen LogP) is 2.95. The van der Waals surface area contributed by atoms with Crippen LogP contribution in [-0.4, -0.2) is 28.5 Å². The summed E-state index contributed by atoms with van der Waals surface area (Å²) in [6.45, 7) is 0. The average Bonchev–Trinajstić information content (AvgIpc) is 2.71. The molecule has 1 amide bonds. The number of carbonyl (C=O) groups excluding carboxylic acids is 1. The van der Waals surface area contributed by atoms with Crippen molar-refractivity contribution in [3.63, 3.8) is 0 Å². The molecule has 31 heavy (non-hydrogen) atoms. The highest BCUT2D eigenvalue weighted by Gasteiger charge is 2.31. The standard InChI is InChI=1S/C19H14F3NO7S/c1-28-11-7-14(29-2)17-13(24)9-16(30-15(17)8-11)18(25)23-31(26,27)12-5-3-10(4-6-12)19(20,21)22/h3-9H,1-2H3,(H,23,25). The van der Waals surface area contributed by atoms with E-state index < -0.39 is 43.8 Å². The minimum atomic E-state index is -4.65. The van der Waals surface area contributed by atoms with Gasteiger partial charge in [-0.15, -0.1) is 0 Å². The van der Waals surface area contributed by atoms with Crippen LogP contribution in [0.15, 0.2) is 56.6 Å². The van der Waals surface area contributed by atoms with Crippen LogP contribution in [0, 0.1) is 0 Å². The first-order chi connectivity index (χ1) is 14.5. The highest BCUT2D eigenvalue weighted by atomic mass is 32.2. The molecule has 0 aliphatic carbocycles. The number of hydrogen-bond donors (Lipinski definition) is 1. The van der Waals surface area contributed by atoms with Crippen molar-refractivity contribution in [1.82, 2.24) is 4.72 Å². The summed E-state index contributed by atoms with van der Waals surface area (Å²) in [7, 11) is -1.88. The SMILES string of the molecule is COc1cc(OC)c2c(=O)cc(C(=O)NS(=O)(=O)c3ccc(C(F)(F)F)cc3)oc2c1. The fraction of sp³-hybridized carbons (Fsp3) is 0.158. The summed E-state index contributed by atoms with van der Waals surface area (Å²) in [6.07, 6.45) is -4.65. The van der Waals surface area contributed by atoms with Gasteiger partial charge in [0, 0.05) is 18.2 Å². The Morgan fingerprint density at radius 3 is 2.23 bits per heavy atom. The van der Waals surface area contributed by atoms with Crippen LogP contribution in [0.5, 0.6) is 11.5 Å². The number of carbonyl (C=O) groups is 1. The summed E-state index contributed by atoms with van der Waals surface area (Å²) in [4.78, 5) is 24.2. The van der Waals surface area contributed by atoms with Crippen molar-refractivity contribution in [3.8, 4) is 11.5 Å². The molecule has 3 aromatic rings. The van der Waals surface area contributed by atoms with Gasteiger partial charge in [-0.05, 0) is 24.3 Å². The minimum absolute atomic E-state index is 0.00504. The third-order valence-corrected chi connectivity index (χ3v) is 5.51. The minimum Gasteiger partial charge on any atom is -0.496 e. The van der Waals surface area contributed by atoms with E-state index in [1.54, 1.807) is 4.72 Å². The van der Waals surface area contributed by atoms with Gasteiger partial charge in [-0.25, -0.2) is 13.1 Å². The van der Waals surface area contributed by atoms with Crippen LogP contribution in [0.2, 0.25) is 0 Å². The number of alkyl halides is 3. The summed E-state index contributed by atoms with van der Waals surface area (Å²) in [5.41, 5.74) is -1.83. The number of nitrogens with one attached hydrogen (secondary N) is 1. The monoisotopic (exact) mass is 457 g/mol. The molecule has 0 unspecified atom stereocenters. The number of fused-ring (bicyclic) bond motifs is 1. The Labute approximate surface area is 173 Å². The molecule has 1 N–H and O–H groups in total. The topological polar surface area (TPSA) is 112 Å². The van der Waals surface area contributed by atoms with E-state index in [1.165, 1.54) is 26.4 Å². The molecule has 0 radical (unpaired) electrons. The number of sulfonamides is 1. The van der Waals surface area contributed by atoms with Crippen molar-refractivity contribution in [3.05, 3.63) is 64.0 Å². The second-order valence-corrected chi connectivity index (χ2v) is 7.82. The lowest BCUT2D eigenvalue weighted by Gasteiger charge is -2.10. The molecule has 8 nitrogen and oxygen atoms in total. The lowest BCUT2D eigenvalue weighted by Crippen LogP contribution is -2.31. The zero-order valence-electron chi connectivity index (χ0n) is 15.9. The van der Waals surface area contributed by atoms with Crippen LogP contribution in [0.4, 0.5) is 13.2 Å². The van der Waals surface area contributed by atoms with Gasteiger partial charge in [-0.1, -0.05) is 0 Å². The maximum Gasteiger partial charge on any atom is 0.416 e. The van der Waals surface area contributed by atoms with Crippen molar-refractivity contribution < 1.29 is 40.3 Å². The molecule has 1 aromatic heterocycles. The van der Waals surface area contributed by atoms with Crippen LogP contribution in [-0.2, 0) is 16.2 Å². The molecule has 0 spiro atoms. The van der Waals surface area contributed by atoms with E-state index in [-0.39, 0.29) is 22.5 Å². The van der Waals surface area contributed by atoms with E-state index in [1.807, 2.05) is 0 Å². The molecule has 0 aliphatic rings. The number of methoxy groups -OCH3 is 2. The first-order valence-electron chi connectivity index (χ1n) is 8.40. The molecule has 0 bridgehead atoms. The number of benzene rings is 2. The van der Waals surface area contributed by atoms with Gasteiger partial charge in [0.2, 0.25) is 0 Å². The first kappa shape index (κ1) is 22.2. The largest absolute Gasteiger partial charge is 0.496 e. The average molecular weight is 457 g/mol. The fourth-order valence-corrected chi connectivity index (χ4v) is 3.63. The van der Waals surface area contributed by atoms with E-state index >= 15 is 0 Å². The van der Waals surface area contributed by atoms with E-state index in [4.69, 9.17) is 13.9 Å². The van der Waals surface area contributed by atoms with E-state index in [0.717, 1.165) is 6.07 Å². The van der Waals surface area contributed by atoms with Gasteiger partial charge in [0.05, 0.1) is 24.7 Å². The molecule has 0 saturated carbocycles. The van der Waals surface area contributed by atoms with Crippen molar-refractivity contribution in [2.45, 2.75) is 11.1 Å². The van der Waals surface area contributed by atoms with Crippen molar-refractivity contribution >= 4 is 26.9 Å².